The van der Waals surface area contributed by atoms with E-state index in [1.165, 1.54) is 12.1 Å². The first-order valence-corrected chi connectivity index (χ1v) is 7.41. The highest BCUT2D eigenvalue weighted by Crippen LogP contribution is 2.19. The average Bonchev–Trinajstić information content (AvgIpc) is 2.85. The molecular formula is C15H19ClFN3O. The van der Waals surface area contributed by atoms with Gasteiger partial charge in [-0.3, -0.25) is 0 Å². The zero-order valence-corrected chi connectivity index (χ0v) is 13.0. The molecule has 0 saturated carbocycles. The van der Waals surface area contributed by atoms with Crippen LogP contribution in [0.3, 0.4) is 0 Å². The predicted octanol–water partition coefficient (Wildman–Crippen LogP) is 3.38. The summed E-state index contributed by atoms with van der Waals surface area (Å²) in [6, 6.07) is 4.78. The van der Waals surface area contributed by atoms with Crippen LogP contribution in [0.25, 0.3) is 0 Å². The molecule has 114 valence electrons. The molecule has 1 aromatic heterocycles. The Morgan fingerprint density at radius 1 is 1.38 bits per heavy atom. The minimum atomic E-state index is -0.352. The van der Waals surface area contributed by atoms with Gasteiger partial charge in [-0.1, -0.05) is 36.7 Å². The summed E-state index contributed by atoms with van der Waals surface area (Å²) in [5.41, 5.74) is 0.784. The van der Waals surface area contributed by atoms with Crippen LogP contribution in [0.15, 0.2) is 22.7 Å². The number of benzene rings is 1. The lowest BCUT2D eigenvalue weighted by Gasteiger charge is -2.05. The molecule has 0 spiro atoms. The first-order valence-electron chi connectivity index (χ1n) is 7.03. The monoisotopic (exact) mass is 311 g/mol. The minimum absolute atomic E-state index is 0.352. The predicted molar refractivity (Wildman–Crippen MR) is 80.0 cm³/mol. The second-order valence-corrected chi connectivity index (χ2v) is 5.64. The first kappa shape index (κ1) is 15.9. The Morgan fingerprint density at radius 2 is 2.19 bits per heavy atom. The molecule has 1 aromatic carbocycles. The maximum Gasteiger partial charge on any atom is 0.226 e. The second-order valence-electron chi connectivity index (χ2n) is 5.23. The Bertz CT molecular complexity index is 586. The van der Waals surface area contributed by atoms with E-state index in [-0.39, 0.29) is 5.82 Å². The van der Waals surface area contributed by atoms with Gasteiger partial charge < -0.3 is 9.84 Å². The zero-order valence-electron chi connectivity index (χ0n) is 12.2. The molecule has 4 nitrogen and oxygen atoms in total. The van der Waals surface area contributed by atoms with Gasteiger partial charge in [-0.05, 0) is 30.7 Å². The summed E-state index contributed by atoms with van der Waals surface area (Å²) >= 11 is 5.98. The Balaban J connectivity index is 1.88. The molecule has 21 heavy (non-hydrogen) atoms. The molecular weight excluding hydrogens is 293 g/mol. The zero-order chi connectivity index (χ0) is 15.2. The summed E-state index contributed by atoms with van der Waals surface area (Å²) in [6.07, 6.45) is 2.12. The number of hydrogen-bond acceptors (Lipinski definition) is 4. The van der Waals surface area contributed by atoms with E-state index in [9.17, 15) is 4.39 Å². The molecule has 0 amide bonds. The van der Waals surface area contributed by atoms with Gasteiger partial charge in [-0.2, -0.15) is 4.98 Å². The van der Waals surface area contributed by atoms with Crippen LogP contribution in [0, 0.1) is 5.82 Å². The lowest BCUT2D eigenvalue weighted by molar-refractivity contribution is 0.369. The summed E-state index contributed by atoms with van der Waals surface area (Å²) in [5.74, 6) is 0.833. The third-order valence-corrected chi connectivity index (χ3v) is 3.35. The van der Waals surface area contributed by atoms with Gasteiger partial charge in [-0.25, -0.2) is 4.39 Å². The topological polar surface area (TPSA) is 51.0 Å². The number of hydrogen-bond donors (Lipinski definition) is 1. The smallest absolute Gasteiger partial charge is 0.226 e. The van der Waals surface area contributed by atoms with Crippen molar-refractivity contribution in [3.63, 3.8) is 0 Å². The van der Waals surface area contributed by atoms with Crippen molar-refractivity contribution in [2.45, 2.75) is 39.2 Å². The van der Waals surface area contributed by atoms with E-state index in [2.05, 4.69) is 29.3 Å². The fraction of sp³-hybridized carbons (Fsp3) is 0.467. The fourth-order valence-electron chi connectivity index (χ4n) is 1.93. The van der Waals surface area contributed by atoms with E-state index in [1.54, 1.807) is 6.07 Å². The molecule has 1 heterocycles. The van der Waals surface area contributed by atoms with Gasteiger partial charge in [0.05, 0.1) is 0 Å². The van der Waals surface area contributed by atoms with Gasteiger partial charge in [0, 0.05) is 23.9 Å². The van der Waals surface area contributed by atoms with E-state index in [4.69, 9.17) is 16.1 Å². The fourth-order valence-corrected chi connectivity index (χ4v) is 2.16. The number of aromatic nitrogens is 2. The Kier molecular flexibility index (Phi) is 5.70. The van der Waals surface area contributed by atoms with Crippen molar-refractivity contribution >= 4 is 11.6 Å². The Labute approximate surface area is 128 Å². The largest absolute Gasteiger partial charge is 0.339 e. The lowest BCUT2D eigenvalue weighted by Crippen LogP contribution is -2.23. The third kappa shape index (κ3) is 5.10. The standard InChI is InChI=1S/C15H19ClFN3O/c1-10(2)18-7-3-4-15-19-14(20-21-15)8-11-5-6-12(17)9-13(11)16/h5-6,9-10,18H,3-4,7-8H2,1-2H3. The molecule has 1 N–H and O–H groups in total. The van der Waals surface area contributed by atoms with Crippen LogP contribution < -0.4 is 5.32 Å². The van der Waals surface area contributed by atoms with Gasteiger partial charge in [0.25, 0.3) is 0 Å². The molecule has 0 radical (unpaired) electrons. The normalized spacial score (nSPS) is 11.3. The van der Waals surface area contributed by atoms with Crippen LogP contribution in [-0.4, -0.2) is 22.7 Å². The highest BCUT2D eigenvalue weighted by Gasteiger charge is 2.10. The molecule has 0 atom stereocenters. The summed E-state index contributed by atoms with van der Waals surface area (Å²) in [4.78, 5) is 4.33. The number of aryl methyl sites for hydroxylation is 1. The molecule has 0 fully saturated rings. The number of rotatable bonds is 7. The lowest BCUT2D eigenvalue weighted by atomic mass is 10.1. The van der Waals surface area contributed by atoms with Crippen molar-refractivity contribution in [1.29, 1.82) is 0 Å². The van der Waals surface area contributed by atoms with E-state index < -0.39 is 0 Å². The Hall–Kier alpha value is -1.46. The molecule has 0 aliphatic carbocycles. The van der Waals surface area contributed by atoms with E-state index >= 15 is 0 Å². The number of nitrogens with zero attached hydrogens (tertiary/aromatic N) is 2. The second kappa shape index (κ2) is 7.52. The SMILES string of the molecule is CC(C)NCCCc1nc(Cc2ccc(F)cc2Cl)no1. The van der Waals surface area contributed by atoms with Crippen molar-refractivity contribution in [1.82, 2.24) is 15.5 Å². The Morgan fingerprint density at radius 3 is 2.90 bits per heavy atom. The summed E-state index contributed by atoms with van der Waals surface area (Å²) < 4.78 is 18.2. The summed E-state index contributed by atoms with van der Waals surface area (Å²) in [7, 11) is 0. The van der Waals surface area contributed by atoms with Crippen molar-refractivity contribution in [2.75, 3.05) is 6.54 Å². The highest BCUT2D eigenvalue weighted by molar-refractivity contribution is 6.31. The van der Waals surface area contributed by atoms with Gasteiger partial charge in [0.1, 0.15) is 5.82 Å². The van der Waals surface area contributed by atoms with Crippen molar-refractivity contribution < 1.29 is 8.91 Å². The van der Waals surface area contributed by atoms with Crippen LogP contribution in [0.2, 0.25) is 5.02 Å². The van der Waals surface area contributed by atoms with Gasteiger partial charge >= 0.3 is 0 Å². The molecule has 0 saturated heterocycles. The summed E-state index contributed by atoms with van der Waals surface area (Å²) in [6.45, 7) is 5.13. The number of nitrogens with one attached hydrogen (secondary N) is 1. The van der Waals surface area contributed by atoms with Crippen molar-refractivity contribution in [3.8, 4) is 0 Å². The van der Waals surface area contributed by atoms with E-state index in [0.717, 1.165) is 24.9 Å². The summed E-state index contributed by atoms with van der Waals surface area (Å²) in [5, 5.41) is 7.64. The maximum absolute atomic E-state index is 13.0. The minimum Gasteiger partial charge on any atom is -0.339 e. The average molecular weight is 312 g/mol. The number of halogens is 2. The van der Waals surface area contributed by atoms with Gasteiger partial charge in [-0.15, -0.1) is 0 Å². The van der Waals surface area contributed by atoms with Crippen LogP contribution in [-0.2, 0) is 12.8 Å². The van der Waals surface area contributed by atoms with Gasteiger partial charge in [0.2, 0.25) is 5.89 Å². The van der Waals surface area contributed by atoms with Crippen LogP contribution in [0.5, 0.6) is 0 Å². The maximum atomic E-state index is 13.0. The van der Waals surface area contributed by atoms with E-state index in [0.29, 0.717) is 29.2 Å². The van der Waals surface area contributed by atoms with E-state index in [1.807, 2.05) is 0 Å². The van der Waals surface area contributed by atoms with Gasteiger partial charge in [0.15, 0.2) is 5.82 Å². The first-order chi connectivity index (χ1) is 10.0. The van der Waals surface area contributed by atoms with Crippen LogP contribution >= 0.6 is 11.6 Å². The molecule has 6 heteroatoms. The van der Waals surface area contributed by atoms with Crippen molar-refractivity contribution in [3.05, 3.63) is 46.3 Å². The molecule has 0 aliphatic heterocycles. The van der Waals surface area contributed by atoms with Crippen LogP contribution in [0.4, 0.5) is 4.39 Å². The van der Waals surface area contributed by atoms with Crippen LogP contribution in [0.1, 0.15) is 37.5 Å². The molecule has 0 aliphatic rings. The molecule has 2 aromatic rings. The van der Waals surface area contributed by atoms with Crippen molar-refractivity contribution in [2.24, 2.45) is 0 Å². The quantitative estimate of drug-likeness (QED) is 0.796. The molecule has 0 unspecified atom stereocenters. The third-order valence-electron chi connectivity index (χ3n) is 2.99. The molecule has 0 bridgehead atoms. The highest BCUT2D eigenvalue weighted by atomic mass is 35.5. The molecule has 2 rings (SSSR count).